The predicted molar refractivity (Wildman–Crippen MR) is 233 cm³/mol. The Morgan fingerprint density at radius 3 is 1.78 bits per heavy atom. The van der Waals surface area contributed by atoms with Crippen molar-refractivity contribution in [1.29, 1.82) is 0 Å². The third-order valence-corrected chi connectivity index (χ3v) is 12.6. The molecule has 8 heteroatoms. The van der Waals surface area contributed by atoms with E-state index < -0.39 is 0 Å². The number of fused-ring (bicyclic) bond motifs is 2. The maximum atomic E-state index is 4.87. The fraction of sp³-hybridized carbons (Fsp3) is 0.261. The Morgan fingerprint density at radius 1 is 0.500 bits per heavy atom. The van der Waals surface area contributed by atoms with Gasteiger partial charge in [0.15, 0.2) is 0 Å². The minimum Gasteiger partial charge on any atom is -0.311 e. The normalized spacial score (nSPS) is 11.5. The summed E-state index contributed by atoms with van der Waals surface area (Å²) in [6.45, 7) is 2.29. The van der Waals surface area contributed by atoms with Gasteiger partial charge < -0.3 is 4.90 Å². The summed E-state index contributed by atoms with van der Waals surface area (Å²) in [6, 6.07) is 43.5. The quantitative estimate of drug-likeness (QED) is 0.0865. The number of unbranched alkanes of at least 4 members (excludes halogenated alkanes) is 9. The Hall–Kier alpha value is -4.76. The molecule has 3 aromatic heterocycles. The number of rotatable bonds is 17. The zero-order valence-electron chi connectivity index (χ0n) is 30.8. The first-order valence-electron chi connectivity index (χ1n) is 19.4. The second-order valence-electron chi connectivity index (χ2n) is 14.0. The highest BCUT2D eigenvalue weighted by Crippen LogP contribution is 2.46. The molecule has 0 saturated heterocycles. The molecular formula is C46H45N5S3. The largest absolute Gasteiger partial charge is 0.311 e. The molecule has 8 rings (SSSR count). The van der Waals surface area contributed by atoms with Gasteiger partial charge in [-0.25, -0.2) is 0 Å². The first kappa shape index (κ1) is 36.2. The van der Waals surface area contributed by atoms with Crippen molar-refractivity contribution in [1.82, 2.24) is 17.5 Å². The Balaban J connectivity index is 1.13. The average Bonchev–Trinajstić information content (AvgIpc) is 4.00. The molecular weight excluding hydrogens is 719 g/mol. The highest BCUT2D eigenvalue weighted by molar-refractivity contribution is 7.19. The van der Waals surface area contributed by atoms with Crippen LogP contribution in [0.2, 0.25) is 0 Å². The number of aromatic nitrogens is 4. The number of thiophene rings is 1. The van der Waals surface area contributed by atoms with Crippen LogP contribution in [0.1, 0.15) is 76.7 Å². The van der Waals surface area contributed by atoms with Crippen molar-refractivity contribution in [3.63, 3.8) is 0 Å². The number of aryl methyl sites for hydroxylation is 1. The summed E-state index contributed by atoms with van der Waals surface area (Å²) < 4.78 is 18.5. The fourth-order valence-corrected chi connectivity index (χ4v) is 9.77. The van der Waals surface area contributed by atoms with E-state index in [4.69, 9.17) is 4.37 Å². The van der Waals surface area contributed by atoms with Crippen molar-refractivity contribution in [3.05, 3.63) is 127 Å². The monoisotopic (exact) mass is 763 g/mol. The second-order valence-corrected chi connectivity index (χ2v) is 16.1. The lowest BCUT2D eigenvalue weighted by Crippen LogP contribution is -2.09. The van der Waals surface area contributed by atoms with E-state index in [1.165, 1.54) is 109 Å². The van der Waals surface area contributed by atoms with Crippen LogP contribution in [0.5, 0.6) is 0 Å². The minimum absolute atomic E-state index is 0.925. The number of hydrogen-bond acceptors (Lipinski definition) is 8. The molecule has 54 heavy (non-hydrogen) atoms. The lowest BCUT2D eigenvalue weighted by atomic mass is 9.95. The Kier molecular flexibility index (Phi) is 11.8. The molecule has 0 unspecified atom stereocenters. The van der Waals surface area contributed by atoms with Crippen LogP contribution >= 0.6 is 34.8 Å². The Morgan fingerprint density at radius 2 is 1.07 bits per heavy atom. The van der Waals surface area contributed by atoms with Crippen LogP contribution in [0, 0.1) is 0 Å². The summed E-state index contributed by atoms with van der Waals surface area (Å²) in [5.74, 6) is 0. The molecule has 0 amide bonds. The second kappa shape index (κ2) is 17.6. The zero-order valence-corrected chi connectivity index (χ0v) is 33.2. The molecule has 0 saturated carbocycles. The molecule has 0 N–H and O–H groups in total. The molecule has 0 radical (unpaired) electrons. The van der Waals surface area contributed by atoms with Gasteiger partial charge in [0.05, 0.1) is 23.5 Å². The van der Waals surface area contributed by atoms with E-state index in [-0.39, 0.29) is 0 Å². The maximum absolute atomic E-state index is 4.87. The summed E-state index contributed by atoms with van der Waals surface area (Å²) in [5.41, 5.74) is 13.3. The minimum atomic E-state index is 0.925. The number of nitrogens with zero attached hydrogens (tertiary/aromatic N) is 5. The van der Waals surface area contributed by atoms with E-state index in [2.05, 4.69) is 146 Å². The van der Waals surface area contributed by atoms with Gasteiger partial charge in [0, 0.05) is 32.4 Å². The molecule has 0 atom stereocenters. The van der Waals surface area contributed by atoms with E-state index in [0.29, 0.717) is 0 Å². The summed E-state index contributed by atoms with van der Waals surface area (Å²) in [6.07, 6.45) is 14.4. The molecule has 3 heterocycles. The van der Waals surface area contributed by atoms with Crippen molar-refractivity contribution in [2.45, 2.75) is 77.6 Å². The molecule has 5 aromatic carbocycles. The summed E-state index contributed by atoms with van der Waals surface area (Å²) >= 11 is 4.43. The molecule has 0 bridgehead atoms. The molecule has 272 valence electrons. The first-order valence-corrected chi connectivity index (χ1v) is 21.7. The van der Waals surface area contributed by atoms with E-state index in [0.717, 1.165) is 62.2 Å². The van der Waals surface area contributed by atoms with E-state index in [1.54, 1.807) is 0 Å². The third kappa shape index (κ3) is 8.16. The molecule has 0 aliphatic rings. The lowest BCUT2D eigenvalue weighted by Gasteiger charge is -2.25. The number of hydrogen-bond donors (Lipinski definition) is 0. The first-order chi connectivity index (χ1) is 26.8. The smallest absolute Gasteiger partial charge is 0.114 e. The van der Waals surface area contributed by atoms with Crippen LogP contribution in [0.3, 0.4) is 0 Å². The predicted octanol–water partition coefficient (Wildman–Crippen LogP) is 14.7. The third-order valence-electron chi connectivity index (χ3n) is 10.3. The van der Waals surface area contributed by atoms with Crippen LogP contribution in [0.4, 0.5) is 17.1 Å². The highest BCUT2D eigenvalue weighted by Gasteiger charge is 2.21. The zero-order chi connectivity index (χ0) is 36.5. The van der Waals surface area contributed by atoms with Gasteiger partial charge in [0.25, 0.3) is 0 Å². The molecule has 0 spiro atoms. The van der Waals surface area contributed by atoms with E-state index >= 15 is 0 Å². The Labute approximate surface area is 331 Å². The van der Waals surface area contributed by atoms with Crippen LogP contribution in [0.25, 0.3) is 54.1 Å². The van der Waals surface area contributed by atoms with Gasteiger partial charge in [0.2, 0.25) is 0 Å². The molecule has 5 nitrogen and oxygen atoms in total. The van der Waals surface area contributed by atoms with Crippen LogP contribution in [0.15, 0.2) is 121 Å². The summed E-state index contributed by atoms with van der Waals surface area (Å²) in [4.78, 5) is 4.89. The van der Waals surface area contributed by atoms with Crippen molar-refractivity contribution in [2.75, 3.05) is 4.90 Å². The Bertz CT molecular complexity index is 2360. The van der Waals surface area contributed by atoms with Gasteiger partial charge in [-0.2, -0.15) is 17.5 Å². The summed E-state index contributed by atoms with van der Waals surface area (Å²) in [7, 11) is 0. The van der Waals surface area contributed by atoms with Crippen LogP contribution < -0.4 is 4.90 Å². The number of benzene rings is 5. The van der Waals surface area contributed by atoms with Crippen LogP contribution in [-0.2, 0) is 6.42 Å². The molecule has 8 aromatic rings. The van der Waals surface area contributed by atoms with Crippen molar-refractivity contribution < 1.29 is 0 Å². The van der Waals surface area contributed by atoms with Gasteiger partial charge in [-0.05, 0) is 95.8 Å². The van der Waals surface area contributed by atoms with Crippen molar-refractivity contribution >= 4 is 73.9 Å². The van der Waals surface area contributed by atoms with Crippen LogP contribution in [-0.4, -0.2) is 17.5 Å². The topological polar surface area (TPSA) is 54.8 Å². The maximum Gasteiger partial charge on any atom is 0.114 e. The molecule has 0 aliphatic carbocycles. The van der Waals surface area contributed by atoms with E-state index in [9.17, 15) is 0 Å². The van der Waals surface area contributed by atoms with Gasteiger partial charge >= 0.3 is 0 Å². The fourth-order valence-electron chi connectivity index (χ4n) is 7.44. The lowest BCUT2D eigenvalue weighted by molar-refractivity contribution is 0.556. The van der Waals surface area contributed by atoms with Gasteiger partial charge in [-0.1, -0.05) is 125 Å². The van der Waals surface area contributed by atoms with Gasteiger partial charge in [-0.15, -0.1) is 11.3 Å². The average molecular weight is 764 g/mol. The van der Waals surface area contributed by atoms with Gasteiger partial charge in [-0.3, -0.25) is 0 Å². The standard InChI is InChI=1S/C46H45N5S3/c1-2-3-4-5-6-7-8-9-10-13-18-35-32-43(44-39(28-30-41-45(44)50-54-48-41)34-25-29-40-42(31-34)49-53-47-40)52-46(35)33-23-26-38(27-24-33)51(36-19-14-11-15-20-36)37-21-16-12-17-22-37/h11-12,14-17,19-32H,2-10,13,18H2,1H3. The van der Waals surface area contributed by atoms with E-state index in [1.807, 2.05) is 11.3 Å². The summed E-state index contributed by atoms with van der Waals surface area (Å²) in [5, 5.41) is 0. The molecule has 0 fully saturated rings. The number of para-hydroxylation sites is 2. The highest BCUT2D eigenvalue weighted by atomic mass is 32.1. The molecule has 0 aliphatic heterocycles. The SMILES string of the molecule is CCCCCCCCCCCCc1cc(-c2c(-c3ccc4nsnc4c3)ccc3nsnc23)sc1-c1ccc(N(c2ccccc2)c2ccccc2)cc1. The van der Waals surface area contributed by atoms with Gasteiger partial charge in [0.1, 0.15) is 22.1 Å². The number of anilines is 3. The van der Waals surface area contributed by atoms with Crippen molar-refractivity contribution in [3.8, 4) is 32.0 Å². The van der Waals surface area contributed by atoms with Crippen molar-refractivity contribution in [2.24, 2.45) is 0 Å².